The Morgan fingerprint density at radius 1 is 1.35 bits per heavy atom. The second-order valence-electron chi connectivity index (χ2n) is 5.95. The van der Waals surface area contributed by atoms with Gasteiger partial charge in [0.2, 0.25) is 0 Å². The summed E-state index contributed by atoms with van der Waals surface area (Å²) in [4.78, 5) is 4.70. The Kier molecular flexibility index (Phi) is 4.28. The summed E-state index contributed by atoms with van der Waals surface area (Å²) in [5, 5.41) is 0. The van der Waals surface area contributed by atoms with E-state index in [1.54, 1.807) is 0 Å². The first-order chi connectivity index (χ1) is 9.40. The average Bonchev–Trinajstić information content (AvgIpc) is 2.78. The third-order valence-corrected chi connectivity index (χ3v) is 3.91. The van der Waals surface area contributed by atoms with Crippen molar-refractivity contribution in [3.63, 3.8) is 0 Å². The molecule has 0 atom stereocenters. The highest BCUT2D eigenvalue weighted by Gasteiger charge is 2.25. The Bertz CT molecular complexity index is 602. The maximum absolute atomic E-state index is 6.10. The summed E-state index contributed by atoms with van der Waals surface area (Å²) in [6, 6.07) is 6.07. The summed E-state index contributed by atoms with van der Waals surface area (Å²) >= 11 is 6.10. The van der Waals surface area contributed by atoms with Gasteiger partial charge in [0.15, 0.2) is 0 Å². The summed E-state index contributed by atoms with van der Waals surface area (Å²) in [5.74, 6) is 2.13. The molecule has 1 heterocycles. The topological polar surface area (TPSA) is 27.1 Å². The molecule has 4 heteroatoms. The SMILES string of the molecule is CCC(C)(C)n1c(CCl)nc2c(OC(C)C)cccc21. The van der Waals surface area contributed by atoms with Crippen LogP contribution in [-0.4, -0.2) is 15.7 Å². The molecular weight excluding hydrogens is 272 g/mol. The monoisotopic (exact) mass is 294 g/mol. The Morgan fingerprint density at radius 3 is 2.60 bits per heavy atom. The smallest absolute Gasteiger partial charge is 0.147 e. The first kappa shape index (κ1) is 15.2. The third-order valence-electron chi connectivity index (χ3n) is 3.67. The van der Waals surface area contributed by atoms with Gasteiger partial charge in [-0.25, -0.2) is 4.98 Å². The van der Waals surface area contributed by atoms with Gasteiger partial charge in [0.1, 0.15) is 17.1 Å². The highest BCUT2D eigenvalue weighted by atomic mass is 35.5. The number of ether oxygens (including phenoxy) is 1. The Hall–Kier alpha value is -1.22. The molecule has 0 bridgehead atoms. The predicted molar refractivity (Wildman–Crippen MR) is 84.7 cm³/mol. The van der Waals surface area contributed by atoms with E-state index in [4.69, 9.17) is 21.3 Å². The van der Waals surface area contributed by atoms with Gasteiger partial charge >= 0.3 is 0 Å². The lowest BCUT2D eigenvalue weighted by Crippen LogP contribution is -2.26. The van der Waals surface area contributed by atoms with E-state index in [9.17, 15) is 0 Å². The van der Waals surface area contributed by atoms with Crippen molar-refractivity contribution in [1.82, 2.24) is 9.55 Å². The fraction of sp³-hybridized carbons (Fsp3) is 0.562. The molecule has 2 aromatic rings. The lowest BCUT2D eigenvalue weighted by Gasteiger charge is -2.27. The molecule has 1 aromatic carbocycles. The number of hydrogen-bond acceptors (Lipinski definition) is 2. The number of imidazole rings is 1. The van der Waals surface area contributed by atoms with Crippen LogP contribution in [0.1, 0.15) is 46.9 Å². The average molecular weight is 295 g/mol. The van der Waals surface area contributed by atoms with Crippen molar-refractivity contribution < 1.29 is 4.74 Å². The molecule has 20 heavy (non-hydrogen) atoms. The van der Waals surface area contributed by atoms with Gasteiger partial charge in [0.05, 0.1) is 17.5 Å². The molecule has 2 rings (SSSR count). The summed E-state index contributed by atoms with van der Waals surface area (Å²) in [7, 11) is 0. The molecule has 1 aromatic heterocycles. The van der Waals surface area contributed by atoms with Crippen LogP contribution >= 0.6 is 11.6 Å². The quantitative estimate of drug-likeness (QED) is 0.747. The number of para-hydroxylation sites is 1. The van der Waals surface area contributed by atoms with Crippen molar-refractivity contribution in [2.24, 2.45) is 0 Å². The molecule has 0 unspecified atom stereocenters. The summed E-state index contributed by atoms with van der Waals surface area (Å²) in [6.45, 7) is 10.6. The molecule has 0 saturated heterocycles. The number of rotatable bonds is 5. The van der Waals surface area contributed by atoms with Crippen LogP contribution in [0.3, 0.4) is 0 Å². The van der Waals surface area contributed by atoms with Crippen molar-refractivity contribution in [3.8, 4) is 5.75 Å². The van der Waals surface area contributed by atoms with Crippen molar-refractivity contribution in [3.05, 3.63) is 24.0 Å². The molecule has 110 valence electrons. The standard InChI is InChI=1S/C16H23ClN2O/c1-6-16(4,5)19-12-8-7-9-13(20-11(2)3)15(12)18-14(19)10-17/h7-9,11H,6,10H2,1-5H3. The molecule has 0 radical (unpaired) electrons. The van der Waals surface area contributed by atoms with Crippen molar-refractivity contribution in [2.75, 3.05) is 0 Å². The molecule has 0 amide bonds. The van der Waals surface area contributed by atoms with Gasteiger partial charge in [0.25, 0.3) is 0 Å². The van der Waals surface area contributed by atoms with Gasteiger partial charge in [-0.15, -0.1) is 11.6 Å². The lowest BCUT2D eigenvalue weighted by atomic mass is 10.0. The predicted octanol–water partition coefficient (Wildman–Crippen LogP) is 4.71. The zero-order valence-corrected chi connectivity index (χ0v) is 13.7. The molecule has 3 nitrogen and oxygen atoms in total. The third kappa shape index (κ3) is 2.64. The summed E-state index contributed by atoms with van der Waals surface area (Å²) in [6.07, 6.45) is 1.14. The Balaban J connectivity index is 2.69. The van der Waals surface area contributed by atoms with Gasteiger partial charge in [-0.1, -0.05) is 13.0 Å². The van der Waals surface area contributed by atoms with Crippen LogP contribution in [0.25, 0.3) is 11.0 Å². The number of hydrogen-bond donors (Lipinski definition) is 0. The van der Waals surface area contributed by atoms with Crippen molar-refractivity contribution in [2.45, 2.75) is 58.6 Å². The summed E-state index contributed by atoms with van der Waals surface area (Å²) in [5.41, 5.74) is 1.97. The fourth-order valence-electron chi connectivity index (χ4n) is 2.39. The minimum absolute atomic E-state index is 0.0184. The van der Waals surface area contributed by atoms with Crippen LogP contribution in [0, 0.1) is 0 Å². The minimum atomic E-state index is -0.0184. The van der Waals surface area contributed by atoms with Gasteiger partial charge in [0, 0.05) is 5.54 Å². The lowest BCUT2D eigenvalue weighted by molar-refractivity contribution is 0.245. The first-order valence-corrected chi connectivity index (χ1v) is 7.67. The van der Waals surface area contributed by atoms with E-state index in [2.05, 4.69) is 31.4 Å². The highest BCUT2D eigenvalue weighted by Crippen LogP contribution is 2.33. The normalized spacial score (nSPS) is 12.3. The molecule has 0 aliphatic carbocycles. The number of alkyl halides is 1. The Labute approximate surface area is 125 Å². The van der Waals surface area contributed by atoms with E-state index < -0.39 is 0 Å². The van der Waals surface area contributed by atoms with Gasteiger partial charge < -0.3 is 9.30 Å². The number of aromatic nitrogens is 2. The minimum Gasteiger partial charge on any atom is -0.489 e. The molecular formula is C16H23ClN2O. The largest absolute Gasteiger partial charge is 0.489 e. The van der Waals surface area contributed by atoms with E-state index in [0.29, 0.717) is 5.88 Å². The maximum Gasteiger partial charge on any atom is 0.147 e. The van der Waals surface area contributed by atoms with E-state index in [1.165, 1.54) is 0 Å². The van der Waals surface area contributed by atoms with Crippen LogP contribution in [0.4, 0.5) is 0 Å². The van der Waals surface area contributed by atoms with Crippen LogP contribution in [0.2, 0.25) is 0 Å². The molecule has 0 N–H and O–H groups in total. The number of nitrogens with zero attached hydrogens (tertiary/aromatic N) is 2. The Morgan fingerprint density at radius 2 is 2.05 bits per heavy atom. The van der Waals surface area contributed by atoms with Crippen LogP contribution < -0.4 is 4.74 Å². The van der Waals surface area contributed by atoms with Gasteiger partial charge in [-0.05, 0) is 46.2 Å². The van der Waals surface area contributed by atoms with Gasteiger partial charge in [-0.3, -0.25) is 0 Å². The number of halogens is 1. The molecule has 0 aliphatic heterocycles. The van der Waals surface area contributed by atoms with Crippen molar-refractivity contribution in [1.29, 1.82) is 0 Å². The van der Waals surface area contributed by atoms with Crippen LogP contribution in [-0.2, 0) is 11.4 Å². The number of fused-ring (bicyclic) bond motifs is 1. The zero-order valence-electron chi connectivity index (χ0n) is 12.9. The van der Waals surface area contributed by atoms with E-state index in [-0.39, 0.29) is 11.6 Å². The first-order valence-electron chi connectivity index (χ1n) is 7.14. The molecule has 0 spiro atoms. The number of benzene rings is 1. The second kappa shape index (κ2) is 5.65. The van der Waals surface area contributed by atoms with E-state index >= 15 is 0 Å². The fourth-order valence-corrected chi connectivity index (χ4v) is 2.57. The molecule has 0 aliphatic rings. The van der Waals surface area contributed by atoms with Crippen molar-refractivity contribution >= 4 is 22.6 Å². The molecule has 0 fully saturated rings. The summed E-state index contributed by atoms with van der Waals surface area (Å²) < 4.78 is 8.11. The highest BCUT2D eigenvalue weighted by molar-refractivity contribution is 6.16. The maximum atomic E-state index is 6.10. The van der Waals surface area contributed by atoms with Gasteiger partial charge in [-0.2, -0.15) is 0 Å². The van der Waals surface area contributed by atoms with E-state index in [1.807, 2.05) is 26.0 Å². The van der Waals surface area contributed by atoms with E-state index in [0.717, 1.165) is 29.0 Å². The van der Waals surface area contributed by atoms with Crippen LogP contribution in [0.5, 0.6) is 5.75 Å². The molecule has 0 saturated carbocycles. The zero-order chi connectivity index (χ0) is 14.9. The van der Waals surface area contributed by atoms with Crippen LogP contribution in [0.15, 0.2) is 18.2 Å². The second-order valence-corrected chi connectivity index (χ2v) is 6.22.